The van der Waals surface area contributed by atoms with Crippen LogP contribution in [0, 0.1) is 5.92 Å². The molecule has 1 atom stereocenters. The van der Waals surface area contributed by atoms with E-state index in [1.165, 1.54) is 30.6 Å². The summed E-state index contributed by atoms with van der Waals surface area (Å²) in [5.41, 5.74) is 6.17. The number of ether oxygens (including phenoxy) is 1. The van der Waals surface area contributed by atoms with Gasteiger partial charge < -0.3 is 15.4 Å². The highest BCUT2D eigenvalue weighted by Crippen LogP contribution is 2.30. The van der Waals surface area contributed by atoms with E-state index in [2.05, 4.69) is 22.9 Å². The number of hydrogen-bond acceptors (Lipinski definition) is 3. The summed E-state index contributed by atoms with van der Waals surface area (Å²) in [4.78, 5) is 8.05. The minimum Gasteiger partial charge on any atom is -0.496 e. The van der Waals surface area contributed by atoms with Crippen molar-refractivity contribution < 1.29 is 4.74 Å². The fraction of sp³-hybridized carbons (Fsp3) is 0.611. The molecule has 4 nitrogen and oxygen atoms in total. The molecule has 0 amide bonds. The molecule has 1 aliphatic rings. The second kappa shape index (κ2) is 9.71. The number of likely N-dealkylation sites (tertiary alicyclic amines) is 1. The molecule has 0 bridgehead atoms. The number of nitrogens with zero attached hydrogens (tertiary/aromatic N) is 2. The van der Waals surface area contributed by atoms with Crippen molar-refractivity contribution in [1.82, 2.24) is 4.90 Å². The van der Waals surface area contributed by atoms with Gasteiger partial charge in [-0.25, -0.2) is 0 Å². The normalized spacial score (nSPS) is 17.7. The molecule has 1 aromatic carbocycles. The molecular formula is C18H29N3OS. The first-order valence-corrected chi connectivity index (χ1v) is 9.50. The molecule has 2 N–H and O–H groups in total. The Balaban J connectivity index is 1.79. The fourth-order valence-corrected chi connectivity index (χ4v) is 3.71. The summed E-state index contributed by atoms with van der Waals surface area (Å²) in [6.45, 7) is 5.12. The zero-order chi connectivity index (χ0) is 16.5. The number of aliphatic imine (C=N–C) groups is 1. The highest BCUT2D eigenvalue weighted by atomic mass is 32.2. The number of benzene rings is 1. The first-order valence-electron chi connectivity index (χ1n) is 8.51. The molecule has 1 fully saturated rings. The van der Waals surface area contributed by atoms with Crippen LogP contribution in [-0.2, 0) is 0 Å². The van der Waals surface area contributed by atoms with E-state index in [-0.39, 0.29) is 0 Å². The maximum Gasteiger partial charge on any atom is 0.191 e. The van der Waals surface area contributed by atoms with Crippen molar-refractivity contribution in [2.24, 2.45) is 16.6 Å². The zero-order valence-electron chi connectivity index (χ0n) is 14.3. The molecule has 1 saturated heterocycles. The van der Waals surface area contributed by atoms with Gasteiger partial charge in [0.1, 0.15) is 5.75 Å². The lowest BCUT2D eigenvalue weighted by molar-refractivity contribution is 0.405. The second-order valence-corrected chi connectivity index (χ2v) is 7.23. The summed E-state index contributed by atoms with van der Waals surface area (Å²) in [5, 5.41) is 0. The van der Waals surface area contributed by atoms with Gasteiger partial charge >= 0.3 is 0 Å². The predicted octanol–water partition coefficient (Wildman–Crippen LogP) is 3.61. The third-order valence-corrected chi connectivity index (χ3v) is 5.47. The molecule has 0 aromatic heterocycles. The zero-order valence-corrected chi connectivity index (χ0v) is 15.1. The Morgan fingerprint density at radius 1 is 1.26 bits per heavy atom. The number of para-hydroxylation sites is 1. The summed E-state index contributed by atoms with van der Waals surface area (Å²) in [6.07, 6.45) is 5.09. The Morgan fingerprint density at radius 3 is 2.65 bits per heavy atom. The maximum absolute atomic E-state index is 6.17. The van der Waals surface area contributed by atoms with Crippen LogP contribution in [0.5, 0.6) is 5.75 Å². The number of rotatable bonds is 6. The maximum atomic E-state index is 6.17. The van der Waals surface area contributed by atoms with Crippen LogP contribution in [0.3, 0.4) is 0 Å². The van der Waals surface area contributed by atoms with Crippen LogP contribution in [0.2, 0.25) is 0 Å². The van der Waals surface area contributed by atoms with Crippen molar-refractivity contribution in [3.8, 4) is 5.75 Å². The molecule has 23 heavy (non-hydrogen) atoms. The molecule has 0 aliphatic carbocycles. The molecule has 0 saturated carbocycles. The van der Waals surface area contributed by atoms with Crippen LogP contribution in [0.25, 0.3) is 0 Å². The molecule has 2 rings (SSSR count). The van der Waals surface area contributed by atoms with E-state index in [1.807, 2.05) is 30.0 Å². The van der Waals surface area contributed by atoms with Gasteiger partial charge in [0.25, 0.3) is 0 Å². The first-order chi connectivity index (χ1) is 11.2. The SMILES string of the molecule is COc1ccccc1SCC(C)CN=C(N)N1CCCCCC1. The van der Waals surface area contributed by atoms with Gasteiger partial charge in [0.05, 0.1) is 7.11 Å². The third-order valence-electron chi connectivity index (χ3n) is 4.09. The summed E-state index contributed by atoms with van der Waals surface area (Å²) < 4.78 is 5.39. The fourth-order valence-electron chi connectivity index (χ4n) is 2.67. The van der Waals surface area contributed by atoms with Gasteiger partial charge in [-0.2, -0.15) is 0 Å². The van der Waals surface area contributed by atoms with Crippen molar-refractivity contribution in [3.05, 3.63) is 24.3 Å². The summed E-state index contributed by atoms with van der Waals surface area (Å²) in [5.74, 6) is 3.16. The molecular weight excluding hydrogens is 306 g/mol. The molecule has 0 radical (unpaired) electrons. The van der Waals surface area contributed by atoms with Crippen molar-refractivity contribution in [3.63, 3.8) is 0 Å². The quantitative estimate of drug-likeness (QED) is 0.490. The third kappa shape index (κ3) is 5.98. The highest BCUT2D eigenvalue weighted by molar-refractivity contribution is 7.99. The van der Waals surface area contributed by atoms with E-state index >= 15 is 0 Å². The van der Waals surface area contributed by atoms with Crippen LogP contribution < -0.4 is 10.5 Å². The van der Waals surface area contributed by atoms with Crippen LogP contribution in [-0.4, -0.2) is 43.4 Å². The van der Waals surface area contributed by atoms with Gasteiger partial charge in [-0.3, -0.25) is 4.99 Å². The Labute approximate surface area is 144 Å². The van der Waals surface area contributed by atoms with Gasteiger partial charge in [-0.1, -0.05) is 31.9 Å². The standard InChI is InChI=1S/C18H29N3OS/c1-15(14-23-17-10-6-5-9-16(17)22-2)13-20-18(19)21-11-7-3-4-8-12-21/h5-6,9-10,15H,3-4,7-8,11-14H2,1-2H3,(H2,19,20). The lowest BCUT2D eigenvalue weighted by Gasteiger charge is -2.21. The van der Waals surface area contributed by atoms with Gasteiger partial charge in [0.2, 0.25) is 0 Å². The Bertz CT molecular complexity index is 499. The molecule has 1 aromatic rings. The summed E-state index contributed by atoms with van der Waals surface area (Å²) >= 11 is 1.82. The number of thioether (sulfide) groups is 1. The Kier molecular flexibility index (Phi) is 7.59. The summed E-state index contributed by atoms with van der Waals surface area (Å²) in [6, 6.07) is 8.15. The molecule has 1 aliphatic heterocycles. The van der Waals surface area contributed by atoms with E-state index in [0.717, 1.165) is 37.1 Å². The topological polar surface area (TPSA) is 50.9 Å². The van der Waals surface area contributed by atoms with Crippen molar-refractivity contribution in [2.45, 2.75) is 37.5 Å². The average Bonchev–Trinajstić information content (AvgIpc) is 2.87. The van der Waals surface area contributed by atoms with Gasteiger partial charge in [-0.05, 0) is 30.9 Å². The number of hydrogen-bond donors (Lipinski definition) is 1. The number of nitrogens with two attached hydrogens (primary N) is 1. The molecule has 128 valence electrons. The number of guanidine groups is 1. The monoisotopic (exact) mass is 335 g/mol. The van der Waals surface area contributed by atoms with Crippen LogP contribution in [0.1, 0.15) is 32.6 Å². The minimum atomic E-state index is 0.482. The van der Waals surface area contributed by atoms with E-state index in [1.54, 1.807) is 7.11 Å². The smallest absolute Gasteiger partial charge is 0.191 e. The Morgan fingerprint density at radius 2 is 1.96 bits per heavy atom. The molecule has 1 unspecified atom stereocenters. The van der Waals surface area contributed by atoms with Crippen molar-refractivity contribution >= 4 is 17.7 Å². The van der Waals surface area contributed by atoms with E-state index in [9.17, 15) is 0 Å². The van der Waals surface area contributed by atoms with Crippen molar-refractivity contribution in [1.29, 1.82) is 0 Å². The lowest BCUT2D eigenvalue weighted by Crippen LogP contribution is -2.38. The lowest BCUT2D eigenvalue weighted by atomic mass is 10.2. The first kappa shape index (κ1) is 18.0. The van der Waals surface area contributed by atoms with Gasteiger partial charge in [0, 0.05) is 30.3 Å². The predicted molar refractivity (Wildman–Crippen MR) is 99.4 cm³/mol. The highest BCUT2D eigenvalue weighted by Gasteiger charge is 2.12. The molecule has 1 heterocycles. The largest absolute Gasteiger partial charge is 0.496 e. The number of methoxy groups -OCH3 is 1. The van der Waals surface area contributed by atoms with Crippen LogP contribution in [0.4, 0.5) is 0 Å². The van der Waals surface area contributed by atoms with E-state index < -0.39 is 0 Å². The van der Waals surface area contributed by atoms with E-state index in [4.69, 9.17) is 10.5 Å². The van der Waals surface area contributed by atoms with Crippen LogP contribution in [0.15, 0.2) is 34.2 Å². The average molecular weight is 336 g/mol. The molecule has 5 heteroatoms. The minimum absolute atomic E-state index is 0.482. The summed E-state index contributed by atoms with van der Waals surface area (Å²) in [7, 11) is 1.72. The van der Waals surface area contributed by atoms with Crippen LogP contribution >= 0.6 is 11.8 Å². The second-order valence-electron chi connectivity index (χ2n) is 6.17. The van der Waals surface area contributed by atoms with E-state index in [0.29, 0.717) is 5.92 Å². The van der Waals surface area contributed by atoms with Crippen molar-refractivity contribution in [2.75, 3.05) is 32.5 Å². The van der Waals surface area contributed by atoms with Gasteiger partial charge in [0.15, 0.2) is 5.96 Å². The Hall–Kier alpha value is -1.36. The van der Waals surface area contributed by atoms with Gasteiger partial charge in [-0.15, -0.1) is 11.8 Å². The molecule has 0 spiro atoms.